The topological polar surface area (TPSA) is 83.5 Å². The van der Waals surface area contributed by atoms with Crippen LogP contribution in [-0.4, -0.2) is 79.1 Å². The SMILES string of the molecule is O=C(Oc1ccc(Cl)cc1)N1CCC2=C(NC3C=CC(Cl)=CC23)[C@@H]1c1ccc(OCCC(O)CN2CCOCC2)cc1. The number of β-amino-alcohol motifs (C(OH)–C–C–N with tert-alkyl or cyclic N) is 1. The first-order valence-electron chi connectivity index (χ1n) is 14.4. The third kappa shape index (κ3) is 6.63. The smallest absolute Gasteiger partial charge is 0.416 e. The molecule has 1 fully saturated rings. The van der Waals surface area contributed by atoms with Crippen molar-refractivity contribution in [3.63, 3.8) is 0 Å². The minimum absolute atomic E-state index is 0.0960. The van der Waals surface area contributed by atoms with Gasteiger partial charge in [0, 0.05) is 54.3 Å². The maximum Gasteiger partial charge on any atom is 0.416 e. The van der Waals surface area contributed by atoms with Crippen molar-refractivity contribution in [1.29, 1.82) is 0 Å². The Morgan fingerprint density at radius 3 is 2.55 bits per heavy atom. The van der Waals surface area contributed by atoms with Gasteiger partial charge in [-0.25, -0.2) is 4.79 Å². The van der Waals surface area contributed by atoms with E-state index in [4.69, 9.17) is 37.4 Å². The van der Waals surface area contributed by atoms with Crippen molar-refractivity contribution in [2.24, 2.45) is 5.92 Å². The van der Waals surface area contributed by atoms with Gasteiger partial charge in [-0.15, -0.1) is 0 Å². The zero-order chi connectivity index (χ0) is 29.1. The molecule has 8 nitrogen and oxygen atoms in total. The number of hydrogen-bond donors (Lipinski definition) is 2. The third-order valence-corrected chi connectivity index (χ3v) is 8.71. The number of carbonyl (C=O) groups excluding carboxylic acids is 1. The van der Waals surface area contributed by atoms with Crippen LogP contribution in [0.3, 0.4) is 0 Å². The van der Waals surface area contributed by atoms with E-state index < -0.39 is 12.2 Å². The van der Waals surface area contributed by atoms with E-state index in [0.717, 1.165) is 35.8 Å². The molecule has 4 aliphatic rings. The van der Waals surface area contributed by atoms with E-state index in [-0.39, 0.29) is 18.0 Å². The minimum atomic E-state index is -0.455. The number of rotatable bonds is 8. The maximum atomic E-state index is 13.5. The summed E-state index contributed by atoms with van der Waals surface area (Å²) in [5.41, 5.74) is 3.22. The van der Waals surface area contributed by atoms with Gasteiger partial charge < -0.3 is 24.6 Å². The summed E-state index contributed by atoms with van der Waals surface area (Å²) in [6.45, 7) is 4.66. The number of nitrogens with zero attached hydrogens (tertiary/aromatic N) is 2. The molecule has 4 atom stereocenters. The Kier molecular flexibility index (Phi) is 9.07. The van der Waals surface area contributed by atoms with Gasteiger partial charge in [0.15, 0.2) is 0 Å². The zero-order valence-electron chi connectivity index (χ0n) is 23.3. The number of fused-ring (bicyclic) bond motifs is 2. The van der Waals surface area contributed by atoms with Gasteiger partial charge in [-0.1, -0.05) is 47.5 Å². The van der Waals surface area contributed by atoms with E-state index in [1.54, 1.807) is 29.2 Å². The first-order valence-corrected chi connectivity index (χ1v) is 15.2. The van der Waals surface area contributed by atoms with Crippen LogP contribution in [0.1, 0.15) is 24.4 Å². The molecular weight excluding hydrogens is 577 g/mol. The molecule has 222 valence electrons. The highest BCUT2D eigenvalue weighted by Crippen LogP contribution is 2.45. The van der Waals surface area contributed by atoms with E-state index in [1.165, 1.54) is 5.57 Å². The quantitative estimate of drug-likeness (QED) is 0.420. The highest BCUT2D eigenvalue weighted by Gasteiger charge is 2.43. The van der Waals surface area contributed by atoms with Crippen LogP contribution in [0.25, 0.3) is 0 Å². The van der Waals surface area contributed by atoms with E-state index in [1.807, 2.05) is 30.3 Å². The lowest BCUT2D eigenvalue weighted by Gasteiger charge is -2.37. The van der Waals surface area contributed by atoms with Crippen LogP contribution in [0.2, 0.25) is 5.02 Å². The molecule has 0 saturated carbocycles. The molecule has 1 amide bonds. The fourth-order valence-electron chi connectivity index (χ4n) is 6.07. The van der Waals surface area contributed by atoms with Crippen LogP contribution < -0.4 is 14.8 Å². The van der Waals surface area contributed by atoms with Gasteiger partial charge in [0.05, 0.1) is 32.0 Å². The number of nitrogens with one attached hydrogen (secondary N) is 1. The van der Waals surface area contributed by atoms with Crippen molar-refractivity contribution in [2.75, 3.05) is 46.0 Å². The van der Waals surface area contributed by atoms with E-state index in [2.05, 4.69) is 22.4 Å². The van der Waals surface area contributed by atoms with E-state index >= 15 is 0 Å². The van der Waals surface area contributed by atoms with E-state index in [0.29, 0.717) is 55.9 Å². The number of benzene rings is 2. The largest absolute Gasteiger partial charge is 0.493 e. The number of halogens is 2. The van der Waals surface area contributed by atoms with Crippen LogP contribution in [0, 0.1) is 5.92 Å². The predicted molar refractivity (Wildman–Crippen MR) is 162 cm³/mol. The van der Waals surface area contributed by atoms with Crippen molar-refractivity contribution >= 4 is 29.3 Å². The Balaban J connectivity index is 1.17. The van der Waals surface area contributed by atoms with Crippen molar-refractivity contribution in [3.8, 4) is 11.5 Å². The zero-order valence-corrected chi connectivity index (χ0v) is 24.8. The summed E-state index contributed by atoms with van der Waals surface area (Å²) in [7, 11) is 0. The second-order valence-electron chi connectivity index (χ2n) is 11.0. The Morgan fingerprint density at radius 1 is 1.05 bits per heavy atom. The number of allylic oxidation sites excluding steroid dienone is 2. The lowest BCUT2D eigenvalue weighted by molar-refractivity contribution is 0.0108. The Hall–Kier alpha value is -3.01. The molecule has 3 aliphatic heterocycles. The summed E-state index contributed by atoms with van der Waals surface area (Å²) in [4.78, 5) is 17.5. The predicted octanol–water partition coefficient (Wildman–Crippen LogP) is 5.28. The van der Waals surface area contributed by atoms with Gasteiger partial charge in [0.1, 0.15) is 17.5 Å². The van der Waals surface area contributed by atoms with Crippen molar-refractivity contribution < 1.29 is 24.1 Å². The fraction of sp³-hybridized carbons (Fsp3) is 0.406. The molecule has 2 N–H and O–H groups in total. The fourth-order valence-corrected chi connectivity index (χ4v) is 6.41. The van der Waals surface area contributed by atoms with E-state index in [9.17, 15) is 9.90 Å². The number of carbonyl (C=O) groups is 1. The molecule has 1 saturated heterocycles. The Bertz CT molecular complexity index is 1360. The van der Waals surface area contributed by atoms with Crippen molar-refractivity contribution in [2.45, 2.75) is 31.0 Å². The Labute approximate surface area is 256 Å². The van der Waals surface area contributed by atoms with Gasteiger partial charge in [0.25, 0.3) is 0 Å². The monoisotopic (exact) mass is 611 g/mol. The second-order valence-corrected chi connectivity index (χ2v) is 11.9. The first-order chi connectivity index (χ1) is 20.4. The van der Waals surface area contributed by atoms with Gasteiger partial charge in [0.2, 0.25) is 0 Å². The molecule has 0 spiro atoms. The average molecular weight is 613 g/mol. The van der Waals surface area contributed by atoms with Crippen LogP contribution in [0.5, 0.6) is 11.5 Å². The lowest BCUT2D eigenvalue weighted by atomic mass is 9.85. The summed E-state index contributed by atoms with van der Waals surface area (Å²) in [5.74, 6) is 1.30. The normalized spacial score (nSPS) is 24.4. The first kappa shape index (κ1) is 29.1. The highest BCUT2D eigenvalue weighted by atomic mass is 35.5. The molecule has 3 unspecified atom stereocenters. The molecular formula is C32H35Cl2N3O5. The van der Waals surface area contributed by atoms with Crippen LogP contribution >= 0.6 is 23.2 Å². The number of amides is 1. The number of hydrogen-bond acceptors (Lipinski definition) is 7. The van der Waals surface area contributed by atoms with Crippen LogP contribution in [0.4, 0.5) is 4.79 Å². The summed E-state index contributed by atoms with van der Waals surface area (Å²) < 4.78 is 17.1. The highest BCUT2D eigenvalue weighted by molar-refractivity contribution is 6.31. The average Bonchev–Trinajstić information content (AvgIpc) is 3.36. The molecule has 6 rings (SSSR count). The molecule has 10 heteroatoms. The third-order valence-electron chi connectivity index (χ3n) is 8.21. The molecule has 0 aromatic heterocycles. The summed E-state index contributed by atoms with van der Waals surface area (Å²) in [6.07, 6.45) is 6.47. The number of ether oxygens (including phenoxy) is 3. The number of aliphatic hydroxyl groups is 1. The van der Waals surface area contributed by atoms with Crippen molar-refractivity contribution in [3.05, 3.63) is 93.6 Å². The molecule has 2 aromatic rings. The van der Waals surface area contributed by atoms with Crippen LogP contribution in [-0.2, 0) is 4.74 Å². The number of morpholine rings is 1. The second kappa shape index (κ2) is 13.1. The van der Waals surface area contributed by atoms with Gasteiger partial charge in [-0.3, -0.25) is 9.80 Å². The summed E-state index contributed by atoms with van der Waals surface area (Å²) in [6, 6.07) is 14.3. The molecule has 1 aliphatic carbocycles. The van der Waals surface area contributed by atoms with Crippen LogP contribution in [0.15, 0.2) is 83.1 Å². The van der Waals surface area contributed by atoms with Gasteiger partial charge >= 0.3 is 6.09 Å². The minimum Gasteiger partial charge on any atom is -0.493 e. The molecule has 0 radical (unpaired) electrons. The number of aliphatic hydroxyl groups excluding tert-OH is 1. The Morgan fingerprint density at radius 2 is 1.79 bits per heavy atom. The van der Waals surface area contributed by atoms with Gasteiger partial charge in [-0.05, 0) is 60.0 Å². The summed E-state index contributed by atoms with van der Waals surface area (Å²) in [5, 5.41) is 15.4. The lowest BCUT2D eigenvalue weighted by Crippen LogP contribution is -2.43. The van der Waals surface area contributed by atoms with Crippen molar-refractivity contribution in [1.82, 2.24) is 15.1 Å². The maximum absolute atomic E-state index is 13.5. The molecule has 3 heterocycles. The van der Waals surface area contributed by atoms with Gasteiger partial charge in [-0.2, -0.15) is 0 Å². The molecule has 42 heavy (non-hydrogen) atoms. The molecule has 2 aromatic carbocycles. The standard InChI is InChI=1S/C32H35Cl2N3O5/c33-22-3-8-26(9-4-22)42-32(39)37-13-11-27-28-19-23(34)5-10-29(28)35-30(27)31(37)21-1-6-25(7-2-21)41-16-12-24(38)20-36-14-17-40-18-15-36/h1-10,19,24,28-29,31,35,38H,11-18,20H2/t24?,28?,29?,31-/m0/s1. The summed E-state index contributed by atoms with van der Waals surface area (Å²) >= 11 is 12.4. The molecule has 0 bridgehead atoms.